The second-order valence-electron chi connectivity index (χ2n) is 3.95. The molecule has 4 N–H and O–H groups in total. The monoisotopic (exact) mass is 282 g/mol. The number of anilines is 2. The molecule has 18 heavy (non-hydrogen) atoms. The molecule has 0 saturated heterocycles. The van der Waals surface area contributed by atoms with Gasteiger partial charge < -0.3 is 11.5 Å². The van der Waals surface area contributed by atoms with Crippen LogP contribution in [0.1, 0.15) is 11.1 Å². The summed E-state index contributed by atoms with van der Waals surface area (Å²) >= 11 is 11.4. The van der Waals surface area contributed by atoms with Gasteiger partial charge in [0.05, 0.1) is 0 Å². The van der Waals surface area contributed by atoms with E-state index in [-0.39, 0.29) is 0 Å². The molecule has 0 spiro atoms. The van der Waals surface area contributed by atoms with E-state index >= 15 is 0 Å². The smallest absolute Gasteiger partial charge is 0.0455 e. The topological polar surface area (TPSA) is 52.0 Å². The van der Waals surface area contributed by atoms with Crippen LogP contribution in [0, 0.1) is 13.8 Å². The molecule has 0 atom stereocenters. The second kappa shape index (κ2) is 6.53. The molecule has 2 rings (SSSR count). The Kier molecular flexibility index (Phi) is 5.32. The Bertz CT molecular complexity index is 519. The molecule has 2 nitrogen and oxygen atoms in total. The number of hydrogen-bond donors (Lipinski definition) is 2. The maximum absolute atomic E-state index is 5.73. The fraction of sp³-hybridized carbons (Fsp3) is 0.143. The molecule has 0 bridgehead atoms. The lowest BCUT2D eigenvalue weighted by Crippen LogP contribution is -1.87. The van der Waals surface area contributed by atoms with Crippen LogP contribution in [0.3, 0.4) is 0 Å². The van der Waals surface area contributed by atoms with E-state index in [2.05, 4.69) is 0 Å². The molecule has 0 fully saturated rings. The lowest BCUT2D eigenvalue weighted by atomic mass is 10.2. The molecular weight excluding hydrogens is 267 g/mol. The Hall–Kier alpha value is -1.38. The lowest BCUT2D eigenvalue weighted by molar-refractivity contribution is 1.47. The van der Waals surface area contributed by atoms with Gasteiger partial charge in [-0.25, -0.2) is 0 Å². The van der Waals surface area contributed by atoms with Crippen molar-refractivity contribution in [3.05, 3.63) is 57.6 Å². The molecule has 0 radical (unpaired) electrons. The molecular formula is C14H16Cl2N2. The summed E-state index contributed by atoms with van der Waals surface area (Å²) in [5, 5.41) is 1.47. The van der Waals surface area contributed by atoms with E-state index in [1.165, 1.54) is 0 Å². The van der Waals surface area contributed by atoms with Crippen molar-refractivity contribution >= 4 is 34.6 Å². The number of nitrogens with two attached hydrogens (primary N) is 2. The average Bonchev–Trinajstić information content (AvgIpc) is 2.32. The van der Waals surface area contributed by atoms with Crippen LogP contribution < -0.4 is 11.5 Å². The minimum absolute atomic E-state index is 0.731. The van der Waals surface area contributed by atoms with Crippen molar-refractivity contribution in [1.29, 1.82) is 0 Å². The van der Waals surface area contributed by atoms with Crippen LogP contribution in [0.25, 0.3) is 0 Å². The molecule has 0 aromatic heterocycles. The second-order valence-corrected chi connectivity index (χ2v) is 4.80. The van der Waals surface area contributed by atoms with Gasteiger partial charge in [0.2, 0.25) is 0 Å². The summed E-state index contributed by atoms with van der Waals surface area (Å²) < 4.78 is 0. The summed E-state index contributed by atoms with van der Waals surface area (Å²) in [7, 11) is 0. The molecule has 0 unspecified atom stereocenters. The van der Waals surface area contributed by atoms with Gasteiger partial charge in [-0.15, -0.1) is 0 Å². The SMILES string of the molecule is Cc1c(N)cccc1Cl.Cc1cc(Cl)ccc1N. The summed E-state index contributed by atoms with van der Waals surface area (Å²) in [5.41, 5.74) is 14.6. The van der Waals surface area contributed by atoms with Crippen molar-refractivity contribution in [2.75, 3.05) is 11.5 Å². The molecule has 0 aliphatic rings. The van der Waals surface area contributed by atoms with Gasteiger partial charge >= 0.3 is 0 Å². The molecule has 2 aromatic rings. The van der Waals surface area contributed by atoms with Gasteiger partial charge in [-0.3, -0.25) is 0 Å². The minimum atomic E-state index is 0.731. The third kappa shape index (κ3) is 4.13. The van der Waals surface area contributed by atoms with Crippen molar-refractivity contribution in [1.82, 2.24) is 0 Å². The van der Waals surface area contributed by atoms with E-state index < -0.39 is 0 Å². The van der Waals surface area contributed by atoms with Gasteiger partial charge in [0.1, 0.15) is 0 Å². The normalized spacial score (nSPS) is 9.56. The number of benzene rings is 2. The summed E-state index contributed by atoms with van der Waals surface area (Å²) in [4.78, 5) is 0. The van der Waals surface area contributed by atoms with Crippen LogP contribution in [0.5, 0.6) is 0 Å². The van der Waals surface area contributed by atoms with E-state index in [4.69, 9.17) is 34.7 Å². The van der Waals surface area contributed by atoms with E-state index in [0.717, 1.165) is 32.5 Å². The average molecular weight is 283 g/mol. The summed E-state index contributed by atoms with van der Waals surface area (Å²) in [6, 6.07) is 10.9. The molecule has 0 saturated carbocycles. The van der Waals surface area contributed by atoms with Gasteiger partial charge in [-0.05, 0) is 55.3 Å². The Labute approximate surface area is 118 Å². The first kappa shape index (κ1) is 14.7. The quantitative estimate of drug-likeness (QED) is 0.701. The highest BCUT2D eigenvalue weighted by molar-refractivity contribution is 6.31. The summed E-state index contributed by atoms with van der Waals surface area (Å²) in [6.45, 7) is 3.83. The lowest BCUT2D eigenvalue weighted by Gasteiger charge is -1.98. The Balaban J connectivity index is 0.000000180. The Morgan fingerprint density at radius 1 is 0.889 bits per heavy atom. The summed E-state index contributed by atoms with van der Waals surface area (Å²) in [6.07, 6.45) is 0. The maximum atomic E-state index is 5.73. The minimum Gasteiger partial charge on any atom is -0.399 e. The molecule has 0 aliphatic heterocycles. The first-order chi connectivity index (χ1) is 8.41. The van der Waals surface area contributed by atoms with Crippen LogP contribution in [-0.2, 0) is 0 Å². The van der Waals surface area contributed by atoms with Crippen molar-refractivity contribution < 1.29 is 0 Å². The number of hydrogen-bond acceptors (Lipinski definition) is 2. The Morgan fingerprint density at radius 3 is 2.00 bits per heavy atom. The van der Waals surface area contributed by atoms with Gasteiger partial charge in [-0.2, -0.15) is 0 Å². The Morgan fingerprint density at radius 2 is 1.56 bits per heavy atom. The fourth-order valence-electron chi connectivity index (χ4n) is 1.26. The van der Waals surface area contributed by atoms with Crippen molar-refractivity contribution in [2.45, 2.75) is 13.8 Å². The standard InChI is InChI=1S/2C7H8ClN/c1-5-4-6(8)2-3-7(5)9;1-5-6(8)3-2-4-7(5)9/h2*2-4H,9H2,1H3. The first-order valence-corrected chi connectivity index (χ1v) is 6.19. The zero-order chi connectivity index (χ0) is 13.7. The van der Waals surface area contributed by atoms with Gasteiger partial charge in [-0.1, -0.05) is 29.3 Å². The number of halogens is 2. The van der Waals surface area contributed by atoms with Crippen molar-refractivity contribution in [2.24, 2.45) is 0 Å². The molecule has 0 aliphatic carbocycles. The largest absolute Gasteiger partial charge is 0.399 e. The highest BCUT2D eigenvalue weighted by Gasteiger charge is 1.94. The van der Waals surface area contributed by atoms with Gasteiger partial charge in [0, 0.05) is 21.4 Å². The van der Waals surface area contributed by atoms with E-state index in [1.54, 1.807) is 12.1 Å². The predicted molar refractivity (Wildman–Crippen MR) is 81.2 cm³/mol. The van der Waals surface area contributed by atoms with Crippen LogP contribution in [-0.4, -0.2) is 0 Å². The highest BCUT2D eigenvalue weighted by Crippen LogP contribution is 2.19. The van der Waals surface area contributed by atoms with Crippen LogP contribution in [0.4, 0.5) is 11.4 Å². The first-order valence-electron chi connectivity index (χ1n) is 5.44. The predicted octanol–water partition coefficient (Wildman–Crippen LogP) is 4.46. The van der Waals surface area contributed by atoms with Crippen LogP contribution in [0.15, 0.2) is 36.4 Å². The van der Waals surface area contributed by atoms with Crippen LogP contribution in [0.2, 0.25) is 10.0 Å². The molecule has 4 heteroatoms. The van der Waals surface area contributed by atoms with Crippen molar-refractivity contribution in [3.63, 3.8) is 0 Å². The number of aryl methyl sites for hydroxylation is 1. The molecule has 96 valence electrons. The molecule has 0 amide bonds. The van der Waals surface area contributed by atoms with E-state index in [0.29, 0.717) is 0 Å². The van der Waals surface area contributed by atoms with E-state index in [1.807, 2.05) is 38.1 Å². The van der Waals surface area contributed by atoms with Crippen LogP contribution >= 0.6 is 23.2 Å². The highest BCUT2D eigenvalue weighted by atomic mass is 35.5. The van der Waals surface area contributed by atoms with Gasteiger partial charge in [0.15, 0.2) is 0 Å². The van der Waals surface area contributed by atoms with Crippen molar-refractivity contribution in [3.8, 4) is 0 Å². The number of nitrogen functional groups attached to an aromatic ring is 2. The van der Waals surface area contributed by atoms with E-state index in [9.17, 15) is 0 Å². The summed E-state index contributed by atoms with van der Waals surface area (Å²) in [5.74, 6) is 0. The molecule has 0 heterocycles. The maximum Gasteiger partial charge on any atom is 0.0455 e. The third-order valence-electron chi connectivity index (χ3n) is 2.54. The third-order valence-corrected chi connectivity index (χ3v) is 3.19. The zero-order valence-corrected chi connectivity index (χ0v) is 11.9. The van der Waals surface area contributed by atoms with Gasteiger partial charge in [0.25, 0.3) is 0 Å². The molecule has 2 aromatic carbocycles. The number of rotatable bonds is 0. The zero-order valence-electron chi connectivity index (χ0n) is 10.4. The fourth-order valence-corrected chi connectivity index (χ4v) is 1.67.